The molecule has 4 atom stereocenters. The van der Waals surface area contributed by atoms with Crippen molar-refractivity contribution >= 4 is 11.9 Å². The standard InChI is InChI=1S/C28H40O7/c1-3-32-25(29)15-20-9-11-27(2,12-10-20)34-23-13-22-14-24(35-31)18-28(16-22,17-23)26(30)33-19-21-7-5-4-6-8-21/h4-8,20,22-24,31H,3,9-19H2,1-2H3. The molecule has 0 amide bonds. The summed E-state index contributed by atoms with van der Waals surface area (Å²) in [5, 5.41) is 9.42. The molecule has 1 aromatic rings. The molecule has 7 heteroatoms. The van der Waals surface area contributed by atoms with Gasteiger partial charge in [-0.1, -0.05) is 30.3 Å². The topological polar surface area (TPSA) is 91.3 Å². The average Bonchev–Trinajstić information content (AvgIpc) is 2.84. The van der Waals surface area contributed by atoms with Crippen LogP contribution in [0.15, 0.2) is 30.3 Å². The van der Waals surface area contributed by atoms with E-state index in [1.54, 1.807) is 0 Å². The number of carbonyl (C=O) groups is 2. The van der Waals surface area contributed by atoms with E-state index in [1.165, 1.54) is 0 Å². The summed E-state index contributed by atoms with van der Waals surface area (Å²) in [7, 11) is 0. The summed E-state index contributed by atoms with van der Waals surface area (Å²) in [5.74, 6) is 0.259. The first-order valence-corrected chi connectivity index (χ1v) is 13.2. The molecule has 3 saturated carbocycles. The Morgan fingerprint density at radius 1 is 1.00 bits per heavy atom. The SMILES string of the molecule is CCOC(=O)CC1CCC(C)(OC2CC3CC(OO)CC(C(=O)OCc4ccccc4)(C3)C2)CC1. The van der Waals surface area contributed by atoms with Gasteiger partial charge >= 0.3 is 11.9 Å². The zero-order chi connectivity index (χ0) is 24.9. The maximum atomic E-state index is 13.4. The van der Waals surface area contributed by atoms with E-state index < -0.39 is 5.41 Å². The molecule has 3 aliphatic rings. The maximum absolute atomic E-state index is 13.4. The number of hydrogen-bond acceptors (Lipinski definition) is 7. The lowest BCUT2D eigenvalue weighted by atomic mass is 9.60. The smallest absolute Gasteiger partial charge is 0.312 e. The highest BCUT2D eigenvalue weighted by Gasteiger charge is 2.53. The third kappa shape index (κ3) is 6.63. The summed E-state index contributed by atoms with van der Waals surface area (Å²) in [5.41, 5.74) is -0.00938. The van der Waals surface area contributed by atoms with Crippen molar-refractivity contribution < 1.29 is 33.9 Å². The fourth-order valence-electron chi connectivity index (χ4n) is 6.61. The van der Waals surface area contributed by atoms with Crippen LogP contribution >= 0.6 is 0 Å². The average molecular weight is 489 g/mol. The van der Waals surface area contributed by atoms with Crippen molar-refractivity contribution in [3.63, 3.8) is 0 Å². The molecule has 0 radical (unpaired) electrons. The lowest BCUT2D eigenvalue weighted by Crippen LogP contribution is -2.51. The monoisotopic (exact) mass is 488 g/mol. The van der Waals surface area contributed by atoms with Crippen molar-refractivity contribution in [1.29, 1.82) is 0 Å². The first-order chi connectivity index (χ1) is 16.8. The Bertz CT molecular complexity index is 848. The van der Waals surface area contributed by atoms with Gasteiger partial charge in [0.1, 0.15) is 6.61 Å². The minimum atomic E-state index is -0.703. The first-order valence-electron chi connectivity index (χ1n) is 13.2. The molecule has 0 aromatic heterocycles. The number of fused-ring (bicyclic) bond motifs is 2. The predicted octanol–water partition coefficient (Wildman–Crippen LogP) is 5.46. The molecule has 0 heterocycles. The summed E-state index contributed by atoms with van der Waals surface area (Å²) >= 11 is 0. The molecule has 3 aliphatic carbocycles. The molecular weight excluding hydrogens is 448 g/mol. The zero-order valence-corrected chi connectivity index (χ0v) is 21.1. The molecule has 2 bridgehead atoms. The Morgan fingerprint density at radius 2 is 1.69 bits per heavy atom. The normalized spacial score (nSPS) is 34.7. The minimum absolute atomic E-state index is 0.0377. The number of benzene rings is 1. The summed E-state index contributed by atoms with van der Waals surface area (Å²) in [6.07, 6.45) is 7.12. The summed E-state index contributed by atoms with van der Waals surface area (Å²) in [6.45, 7) is 4.66. The van der Waals surface area contributed by atoms with Gasteiger partial charge in [0, 0.05) is 6.42 Å². The van der Waals surface area contributed by atoms with Crippen molar-refractivity contribution in [1.82, 2.24) is 0 Å². The van der Waals surface area contributed by atoms with Gasteiger partial charge < -0.3 is 14.2 Å². The van der Waals surface area contributed by atoms with Crippen molar-refractivity contribution in [3.05, 3.63) is 35.9 Å². The highest BCUT2D eigenvalue weighted by Crippen LogP contribution is 2.52. The van der Waals surface area contributed by atoms with Gasteiger partial charge in [-0.25, -0.2) is 4.89 Å². The summed E-state index contributed by atoms with van der Waals surface area (Å²) < 4.78 is 17.7. The highest BCUT2D eigenvalue weighted by atomic mass is 17.1. The van der Waals surface area contributed by atoms with Gasteiger partial charge in [-0.2, -0.15) is 0 Å². The first kappa shape index (κ1) is 26.1. The Hall–Kier alpha value is -1.96. The fraction of sp³-hybridized carbons (Fsp3) is 0.714. The molecule has 4 rings (SSSR count). The van der Waals surface area contributed by atoms with Crippen LogP contribution in [-0.4, -0.2) is 41.6 Å². The molecule has 0 saturated heterocycles. The van der Waals surface area contributed by atoms with E-state index in [4.69, 9.17) is 19.1 Å². The Balaban J connectivity index is 1.38. The van der Waals surface area contributed by atoms with Crippen LogP contribution in [0.25, 0.3) is 0 Å². The molecule has 7 nitrogen and oxygen atoms in total. The molecule has 0 aliphatic heterocycles. The molecule has 35 heavy (non-hydrogen) atoms. The van der Waals surface area contributed by atoms with Crippen LogP contribution in [0.1, 0.15) is 83.6 Å². The highest BCUT2D eigenvalue weighted by molar-refractivity contribution is 5.77. The van der Waals surface area contributed by atoms with Crippen molar-refractivity contribution in [2.45, 2.75) is 102 Å². The van der Waals surface area contributed by atoms with Crippen LogP contribution in [0, 0.1) is 17.3 Å². The Labute approximate surface area is 208 Å². The van der Waals surface area contributed by atoms with Crippen LogP contribution in [-0.2, 0) is 35.3 Å². The van der Waals surface area contributed by atoms with E-state index in [0.29, 0.717) is 31.8 Å². The van der Waals surface area contributed by atoms with E-state index in [0.717, 1.165) is 50.5 Å². The molecular formula is C28H40O7. The van der Waals surface area contributed by atoms with Gasteiger partial charge in [0.2, 0.25) is 0 Å². The molecule has 1 aromatic carbocycles. The fourth-order valence-corrected chi connectivity index (χ4v) is 6.61. The summed E-state index contributed by atoms with van der Waals surface area (Å²) in [4.78, 5) is 30.0. The molecule has 194 valence electrons. The van der Waals surface area contributed by atoms with E-state index in [1.807, 2.05) is 37.3 Å². The van der Waals surface area contributed by atoms with Crippen molar-refractivity contribution in [3.8, 4) is 0 Å². The molecule has 0 spiro atoms. The Kier molecular flexibility index (Phi) is 8.50. The predicted molar refractivity (Wildman–Crippen MR) is 129 cm³/mol. The number of esters is 2. The van der Waals surface area contributed by atoms with Gasteiger partial charge in [0.15, 0.2) is 0 Å². The second-order valence-electron chi connectivity index (χ2n) is 11.2. The largest absolute Gasteiger partial charge is 0.466 e. The van der Waals surface area contributed by atoms with Crippen LogP contribution < -0.4 is 0 Å². The molecule has 4 unspecified atom stereocenters. The van der Waals surface area contributed by atoms with Crippen molar-refractivity contribution in [2.24, 2.45) is 17.3 Å². The van der Waals surface area contributed by atoms with Crippen LogP contribution in [0.3, 0.4) is 0 Å². The minimum Gasteiger partial charge on any atom is -0.466 e. The lowest BCUT2D eigenvalue weighted by Gasteiger charge is -2.50. The van der Waals surface area contributed by atoms with Crippen LogP contribution in [0.4, 0.5) is 0 Å². The van der Waals surface area contributed by atoms with Crippen LogP contribution in [0.2, 0.25) is 0 Å². The molecule has 3 fully saturated rings. The quantitative estimate of drug-likeness (QED) is 0.280. The number of hydrogen-bond donors (Lipinski definition) is 1. The number of ether oxygens (including phenoxy) is 3. The van der Waals surface area contributed by atoms with E-state index in [-0.39, 0.29) is 42.3 Å². The maximum Gasteiger partial charge on any atom is 0.312 e. The Morgan fingerprint density at radius 3 is 2.37 bits per heavy atom. The van der Waals surface area contributed by atoms with Gasteiger partial charge in [-0.05, 0) is 89.0 Å². The van der Waals surface area contributed by atoms with Gasteiger partial charge in [-0.3, -0.25) is 14.8 Å². The van der Waals surface area contributed by atoms with E-state index in [2.05, 4.69) is 6.92 Å². The van der Waals surface area contributed by atoms with Gasteiger partial charge in [0.05, 0.1) is 29.8 Å². The van der Waals surface area contributed by atoms with Gasteiger partial charge in [-0.15, -0.1) is 0 Å². The van der Waals surface area contributed by atoms with Gasteiger partial charge in [0.25, 0.3) is 0 Å². The zero-order valence-electron chi connectivity index (χ0n) is 21.1. The number of rotatable bonds is 9. The third-order valence-electron chi connectivity index (χ3n) is 8.28. The van der Waals surface area contributed by atoms with Crippen molar-refractivity contribution in [2.75, 3.05) is 6.61 Å². The third-order valence-corrected chi connectivity index (χ3v) is 8.28. The van der Waals surface area contributed by atoms with E-state index >= 15 is 0 Å². The number of carbonyl (C=O) groups excluding carboxylic acids is 2. The van der Waals surface area contributed by atoms with E-state index in [9.17, 15) is 14.8 Å². The lowest BCUT2D eigenvalue weighted by molar-refractivity contribution is -0.299. The summed E-state index contributed by atoms with van der Waals surface area (Å²) in [6, 6.07) is 9.69. The second-order valence-corrected chi connectivity index (χ2v) is 11.2. The van der Waals surface area contributed by atoms with Crippen LogP contribution in [0.5, 0.6) is 0 Å². The molecule has 1 N–H and O–H groups in total. The second kappa shape index (κ2) is 11.4.